The van der Waals surface area contributed by atoms with Gasteiger partial charge in [-0.05, 0) is 31.0 Å². The van der Waals surface area contributed by atoms with Crippen LogP contribution in [0.2, 0.25) is 0 Å². The first-order valence-corrected chi connectivity index (χ1v) is 5.83. The lowest BCUT2D eigenvalue weighted by Crippen LogP contribution is -2.35. The van der Waals surface area contributed by atoms with E-state index in [1.807, 2.05) is 0 Å². The van der Waals surface area contributed by atoms with Crippen LogP contribution in [-0.2, 0) is 11.2 Å². The van der Waals surface area contributed by atoms with Crippen LogP contribution in [0.4, 0.5) is 8.78 Å². The van der Waals surface area contributed by atoms with Crippen LogP contribution in [0.5, 0.6) is 0 Å². The first kappa shape index (κ1) is 14.1. The van der Waals surface area contributed by atoms with Gasteiger partial charge in [-0.15, -0.1) is 0 Å². The van der Waals surface area contributed by atoms with Crippen molar-refractivity contribution in [2.24, 2.45) is 0 Å². The van der Waals surface area contributed by atoms with E-state index in [1.165, 1.54) is 12.1 Å². The Bertz CT molecular complexity index is 344. The molecule has 0 bridgehead atoms. The molecular weight excluding hydrogens is 224 g/mol. The van der Waals surface area contributed by atoms with Crippen molar-refractivity contribution < 1.29 is 13.5 Å². The predicted octanol–water partition coefficient (Wildman–Crippen LogP) is 2.52. The summed E-state index contributed by atoms with van der Waals surface area (Å²) in [6.07, 6.45) is 1.51. The van der Waals surface area contributed by atoms with Gasteiger partial charge < -0.3 is 10.1 Å². The van der Waals surface area contributed by atoms with E-state index in [0.717, 1.165) is 19.0 Å². The van der Waals surface area contributed by atoms with Crippen LogP contribution in [0, 0.1) is 11.6 Å². The molecule has 96 valence electrons. The van der Waals surface area contributed by atoms with Crippen molar-refractivity contribution in [3.05, 3.63) is 35.4 Å². The largest absolute Gasteiger partial charge is 0.383 e. The summed E-state index contributed by atoms with van der Waals surface area (Å²) >= 11 is 0. The van der Waals surface area contributed by atoms with E-state index in [9.17, 15) is 8.78 Å². The summed E-state index contributed by atoms with van der Waals surface area (Å²) in [5, 5.41) is 3.28. The molecule has 0 aliphatic rings. The molecule has 1 atom stereocenters. The molecule has 1 rings (SSSR count). The predicted molar refractivity (Wildman–Crippen MR) is 64.0 cm³/mol. The Hall–Kier alpha value is -1.00. The lowest BCUT2D eigenvalue weighted by Gasteiger charge is -2.18. The lowest BCUT2D eigenvalue weighted by atomic mass is 10.1. The van der Waals surface area contributed by atoms with Gasteiger partial charge in [-0.2, -0.15) is 0 Å². The van der Waals surface area contributed by atoms with Gasteiger partial charge >= 0.3 is 0 Å². The minimum absolute atomic E-state index is 0.0555. The molecular formula is C13H19F2NO. The van der Waals surface area contributed by atoms with E-state index in [1.54, 1.807) is 7.11 Å². The Kier molecular flexibility index (Phi) is 6.08. The number of methoxy groups -OCH3 is 1. The average Bonchev–Trinajstić information content (AvgIpc) is 2.29. The first-order valence-electron chi connectivity index (χ1n) is 5.83. The van der Waals surface area contributed by atoms with Gasteiger partial charge in [-0.25, -0.2) is 8.78 Å². The van der Waals surface area contributed by atoms with Gasteiger partial charge in [0.1, 0.15) is 11.6 Å². The minimum atomic E-state index is -0.545. The van der Waals surface area contributed by atoms with Gasteiger partial charge in [0.2, 0.25) is 0 Å². The minimum Gasteiger partial charge on any atom is -0.383 e. The van der Waals surface area contributed by atoms with E-state index >= 15 is 0 Å². The molecule has 0 aromatic heterocycles. The fourth-order valence-corrected chi connectivity index (χ4v) is 1.69. The van der Waals surface area contributed by atoms with Crippen molar-refractivity contribution in [1.29, 1.82) is 0 Å². The molecule has 0 fully saturated rings. The fraction of sp³-hybridized carbons (Fsp3) is 0.538. The Balaban J connectivity index is 2.64. The maximum atomic E-state index is 13.5. The number of ether oxygens (including phenoxy) is 1. The van der Waals surface area contributed by atoms with E-state index in [-0.39, 0.29) is 6.04 Å². The van der Waals surface area contributed by atoms with Gasteiger partial charge in [0, 0.05) is 19.2 Å². The second-order valence-corrected chi connectivity index (χ2v) is 4.05. The second kappa shape index (κ2) is 7.35. The summed E-state index contributed by atoms with van der Waals surface area (Å²) in [5.74, 6) is -1.04. The highest BCUT2D eigenvalue weighted by molar-refractivity contribution is 5.19. The van der Waals surface area contributed by atoms with Gasteiger partial charge in [-0.1, -0.05) is 13.0 Å². The molecule has 1 N–H and O–H groups in total. The Morgan fingerprint density at radius 2 is 2.12 bits per heavy atom. The van der Waals surface area contributed by atoms with Crippen LogP contribution in [0.15, 0.2) is 18.2 Å². The molecule has 4 heteroatoms. The monoisotopic (exact) mass is 243 g/mol. The normalized spacial score (nSPS) is 12.7. The third kappa shape index (κ3) is 4.79. The molecule has 0 aliphatic heterocycles. The van der Waals surface area contributed by atoms with E-state index in [0.29, 0.717) is 18.6 Å². The fourth-order valence-electron chi connectivity index (χ4n) is 1.69. The molecule has 0 heterocycles. The summed E-state index contributed by atoms with van der Waals surface area (Å²) in [7, 11) is 1.61. The molecule has 1 aromatic carbocycles. The maximum Gasteiger partial charge on any atom is 0.129 e. The van der Waals surface area contributed by atoms with Gasteiger partial charge in [0.15, 0.2) is 0 Å². The van der Waals surface area contributed by atoms with Crippen molar-refractivity contribution in [3.8, 4) is 0 Å². The highest BCUT2D eigenvalue weighted by atomic mass is 19.1. The van der Waals surface area contributed by atoms with Crippen LogP contribution in [0.25, 0.3) is 0 Å². The van der Waals surface area contributed by atoms with Crippen LogP contribution in [0.3, 0.4) is 0 Å². The highest BCUT2D eigenvalue weighted by Crippen LogP contribution is 2.12. The summed E-state index contributed by atoms with van der Waals surface area (Å²) in [4.78, 5) is 0. The van der Waals surface area contributed by atoms with Gasteiger partial charge in [0.25, 0.3) is 0 Å². The molecule has 0 amide bonds. The Morgan fingerprint density at radius 3 is 2.71 bits per heavy atom. The molecule has 0 radical (unpaired) electrons. The molecule has 2 nitrogen and oxygen atoms in total. The number of rotatable bonds is 7. The van der Waals surface area contributed by atoms with Crippen LogP contribution < -0.4 is 5.32 Å². The standard InChI is InChI=1S/C13H19F2NO/c1-3-6-16-12(9-17-2)7-10-4-5-11(14)8-13(10)15/h4-5,8,12,16H,3,6-7,9H2,1-2H3. The smallest absolute Gasteiger partial charge is 0.129 e. The van der Waals surface area contributed by atoms with E-state index < -0.39 is 11.6 Å². The highest BCUT2D eigenvalue weighted by Gasteiger charge is 2.12. The molecule has 1 aromatic rings. The molecule has 0 saturated heterocycles. The zero-order valence-corrected chi connectivity index (χ0v) is 10.3. The van der Waals surface area contributed by atoms with E-state index in [4.69, 9.17) is 4.74 Å². The van der Waals surface area contributed by atoms with Crippen LogP contribution in [-0.4, -0.2) is 26.3 Å². The van der Waals surface area contributed by atoms with E-state index in [2.05, 4.69) is 12.2 Å². The maximum absolute atomic E-state index is 13.5. The van der Waals surface area contributed by atoms with Crippen LogP contribution in [0.1, 0.15) is 18.9 Å². The van der Waals surface area contributed by atoms with Crippen molar-refractivity contribution in [2.75, 3.05) is 20.3 Å². The van der Waals surface area contributed by atoms with Gasteiger partial charge in [0.05, 0.1) is 6.61 Å². The van der Waals surface area contributed by atoms with Crippen LogP contribution >= 0.6 is 0 Å². The molecule has 1 unspecified atom stereocenters. The zero-order chi connectivity index (χ0) is 12.7. The average molecular weight is 243 g/mol. The van der Waals surface area contributed by atoms with Crippen molar-refractivity contribution in [2.45, 2.75) is 25.8 Å². The van der Waals surface area contributed by atoms with Crippen molar-refractivity contribution in [3.63, 3.8) is 0 Å². The van der Waals surface area contributed by atoms with Crippen molar-refractivity contribution >= 4 is 0 Å². The summed E-state index contributed by atoms with van der Waals surface area (Å²) < 4.78 is 31.3. The van der Waals surface area contributed by atoms with Crippen molar-refractivity contribution in [1.82, 2.24) is 5.32 Å². The zero-order valence-electron chi connectivity index (χ0n) is 10.3. The summed E-state index contributed by atoms with van der Waals surface area (Å²) in [5.41, 5.74) is 0.511. The first-order chi connectivity index (χ1) is 8.17. The topological polar surface area (TPSA) is 21.3 Å². The summed E-state index contributed by atoms with van der Waals surface area (Å²) in [6.45, 7) is 3.43. The Morgan fingerprint density at radius 1 is 1.35 bits per heavy atom. The third-order valence-electron chi connectivity index (χ3n) is 2.53. The molecule has 0 aliphatic carbocycles. The molecule has 17 heavy (non-hydrogen) atoms. The number of nitrogens with one attached hydrogen (secondary N) is 1. The number of hydrogen-bond donors (Lipinski definition) is 1. The SMILES string of the molecule is CCCNC(COC)Cc1ccc(F)cc1F. The Labute approximate surface area is 101 Å². The molecule has 0 spiro atoms. The number of benzene rings is 1. The quantitative estimate of drug-likeness (QED) is 0.794. The lowest BCUT2D eigenvalue weighted by molar-refractivity contribution is 0.165. The number of halogens is 2. The summed E-state index contributed by atoms with van der Waals surface area (Å²) in [6, 6.07) is 3.74. The molecule has 0 saturated carbocycles. The second-order valence-electron chi connectivity index (χ2n) is 4.05. The van der Waals surface area contributed by atoms with Gasteiger partial charge in [-0.3, -0.25) is 0 Å². The number of hydrogen-bond acceptors (Lipinski definition) is 2. The third-order valence-corrected chi connectivity index (χ3v) is 2.53.